The zero-order valence-electron chi connectivity index (χ0n) is 15.6. The van der Waals surface area contributed by atoms with Crippen LogP contribution in [-0.4, -0.2) is 36.5 Å². The van der Waals surface area contributed by atoms with Gasteiger partial charge in [0, 0.05) is 18.0 Å². The molecule has 3 fully saturated rings. The Morgan fingerprint density at radius 2 is 1.78 bits per heavy atom. The maximum absolute atomic E-state index is 12.7. The number of piperidine rings is 3. The summed E-state index contributed by atoms with van der Waals surface area (Å²) in [6.07, 6.45) is 2.37. The van der Waals surface area contributed by atoms with Crippen molar-refractivity contribution in [3.05, 3.63) is 59.9 Å². The molecule has 6 rings (SSSR count). The predicted molar refractivity (Wildman–Crippen MR) is 107 cm³/mol. The van der Waals surface area contributed by atoms with E-state index in [2.05, 4.69) is 47.5 Å². The van der Waals surface area contributed by atoms with E-state index in [-0.39, 0.29) is 11.9 Å². The van der Waals surface area contributed by atoms with E-state index in [9.17, 15) is 4.79 Å². The van der Waals surface area contributed by atoms with Crippen molar-refractivity contribution < 1.29 is 9.21 Å². The Hall–Kier alpha value is -2.59. The van der Waals surface area contributed by atoms with Crippen molar-refractivity contribution in [2.75, 3.05) is 19.6 Å². The summed E-state index contributed by atoms with van der Waals surface area (Å²) >= 11 is 0. The fourth-order valence-corrected chi connectivity index (χ4v) is 4.44. The molecule has 3 aliphatic heterocycles. The molecule has 1 unspecified atom stereocenters. The SMILES string of the molecule is Cc1ccc(-c2ccc3cc(C(=O)NC4CN5CCC4CC5)oc3c2)cc1. The molecule has 4 heterocycles. The largest absolute Gasteiger partial charge is 0.451 e. The highest BCUT2D eigenvalue weighted by atomic mass is 16.3. The van der Waals surface area contributed by atoms with Crippen LogP contribution in [0.15, 0.2) is 52.9 Å². The van der Waals surface area contributed by atoms with Crippen LogP contribution in [0.2, 0.25) is 0 Å². The third kappa shape index (κ3) is 3.15. The monoisotopic (exact) mass is 360 g/mol. The minimum atomic E-state index is -0.0955. The number of hydrogen-bond acceptors (Lipinski definition) is 3. The first-order chi connectivity index (χ1) is 13.2. The van der Waals surface area contributed by atoms with Gasteiger partial charge >= 0.3 is 0 Å². The maximum atomic E-state index is 12.7. The molecule has 0 saturated carbocycles. The van der Waals surface area contributed by atoms with Gasteiger partial charge in [0.2, 0.25) is 0 Å². The molecule has 3 aliphatic rings. The van der Waals surface area contributed by atoms with Crippen LogP contribution in [-0.2, 0) is 0 Å². The third-order valence-electron chi connectivity index (χ3n) is 6.10. The molecule has 0 radical (unpaired) electrons. The summed E-state index contributed by atoms with van der Waals surface area (Å²) in [6, 6.07) is 16.7. The van der Waals surface area contributed by atoms with Crippen molar-refractivity contribution in [3.8, 4) is 11.1 Å². The summed E-state index contributed by atoms with van der Waals surface area (Å²) in [5.41, 5.74) is 4.25. The molecular weight excluding hydrogens is 336 g/mol. The van der Waals surface area contributed by atoms with Gasteiger partial charge in [-0.3, -0.25) is 4.79 Å². The Bertz CT molecular complexity index is 981. The van der Waals surface area contributed by atoms with Crippen LogP contribution in [0.25, 0.3) is 22.1 Å². The number of nitrogens with one attached hydrogen (secondary N) is 1. The molecular formula is C23H24N2O2. The standard InChI is InChI=1S/C23H24N2O2/c1-15-2-4-16(5-3-15)18-6-7-19-13-22(27-21(19)12-18)23(26)24-20-14-25-10-8-17(20)9-11-25/h2-7,12-13,17,20H,8-11,14H2,1H3,(H,24,26). The lowest BCUT2D eigenvalue weighted by molar-refractivity contribution is 0.0607. The molecule has 1 N–H and O–H groups in total. The highest BCUT2D eigenvalue weighted by Crippen LogP contribution is 2.29. The first kappa shape index (κ1) is 16.6. The number of rotatable bonds is 3. The molecule has 3 aromatic rings. The fraction of sp³-hybridized carbons (Fsp3) is 0.348. The predicted octanol–water partition coefficient (Wildman–Crippen LogP) is 4.23. The Morgan fingerprint density at radius 1 is 1.04 bits per heavy atom. The minimum absolute atomic E-state index is 0.0955. The lowest BCUT2D eigenvalue weighted by atomic mass is 9.84. The molecule has 0 aliphatic carbocycles. The summed E-state index contributed by atoms with van der Waals surface area (Å²) in [5, 5.41) is 4.17. The highest BCUT2D eigenvalue weighted by Gasteiger charge is 2.35. The van der Waals surface area contributed by atoms with E-state index in [4.69, 9.17) is 4.42 Å². The maximum Gasteiger partial charge on any atom is 0.287 e. The molecule has 2 aromatic carbocycles. The van der Waals surface area contributed by atoms with Crippen LogP contribution in [0.1, 0.15) is 29.0 Å². The molecule has 27 heavy (non-hydrogen) atoms. The molecule has 1 atom stereocenters. The van der Waals surface area contributed by atoms with Crippen molar-refractivity contribution in [1.82, 2.24) is 10.2 Å². The molecule has 1 aromatic heterocycles. The zero-order chi connectivity index (χ0) is 18.4. The van der Waals surface area contributed by atoms with Crippen LogP contribution in [0.3, 0.4) is 0 Å². The zero-order valence-corrected chi connectivity index (χ0v) is 15.6. The smallest absolute Gasteiger partial charge is 0.287 e. The molecule has 138 valence electrons. The van der Waals surface area contributed by atoms with E-state index in [0.717, 1.165) is 28.6 Å². The highest BCUT2D eigenvalue weighted by molar-refractivity contribution is 5.97. The van der Waals surface area contributed by atoms with E-state index in [0.29, 0.717) is 11.7 Å². The number of fused-ring (bicyclic) bond motifs is 4. The van der Waals surface area contributed by atoms with Crippen molar-refractivity contribution in [3.63, 3.8) is 0 Å². The first-order valence-corrected chi connectivity index (χ1v) is 9.79. The second-order valence-corrected chi connectivity index (χ2v) is 7.95. The Labute approximate surface area is 159 Å². The summed E-state index contributed by atoms with van der Waals surface area (Å²) in [5.74, 6) is 0.917. The van der Waals surface area contributed by atoms with E-state index >= 15 is 0 Å². The van der Waals surface area contributed by atoms with E-state index in [1.165, 1.54) is 31.5 Å². The van der Waals surface area contributed by atoms with Gasteiger partial charge in [-0.2, -0.15) is 0 Å². The number of carbonyl (C=O) groups excluding carboxylic acids is 1. The number of amides is 1. The molecule has 0 spiro atoms. The average molecular weight is 360 g/mol. The Kier molecular flexibility index (Phi) is 4.01. The molecule has 4 nitrogen and oxygen atoms in total. The summed E-state index contributed by atoms with van der Waals surface area (Å²) in [4.78, 5) is 15.2. The van der Waals surface area contributed by atoms with Gasteiger partial charge < -0.3 is 14.6 Å². The summed E-state index contributed by atoms with van der Waals surface area (Å²) in [7, 11) is 0. The van der Waals surface area contributed by atoms with Crippen LogP contribution in [0.5, 0.6) is 0 Å². The lowest BCUT2D eigenvalue weighted by Crippen LogP contribution is -2.57. The van der Waals surface area contributed by atoms with Gasteiger partial charge in [0.1, 0.15) is 5.58 Å². The van der Waals surface area contributed by atoms with E-state index in [1.807, 2.05) is 18.2 Å². The number of benzene rings is 2. The van der Waals surface area contributed by atoms with E-state index in [1.54, 1.807) is 0 Å². The fourth-order valence-electron chi connectivity index (χ4n) is 4.44. The Morgan fingerprint density at radius 3 is 2.48 bits per heavy atom. The molecule has 2 bridgehead atoms. The van der Waals surface area contributed by atoms with Crippen molar-refractivity contribution >= 4 is 16.9 Å². The van der Waals surface area contributed by atoms with Gasteiger partial charge in [-0.05, 0) is 62.0 Å². The second-order valence-electron chi connectivity index (χ2n) is 7.95. The van der Waals surface area contributed by atoms with Crippen LogP contribution in [0.4, 0.5) is 0 Å². The van der Waals surface area contributed by atoms with Gasteiger partial charge in [0.25, 0.3) is 5.91 Å². The van der Waals surface area contributed by atoms with Crippen LogP contribution in [0, 0.1) is 12.8 Å². The van der Waals surface area contributed by atoms with Crippen molar-refractivity contribution in [1.29, 1.82) is 0 Å². The number of nitrogens with zero attached hydrogens (tertiary/aromatic N) is 1. The third-order valence-corrected chi connectivity index (χ3v) is 6.10. The number of hydrogen-bond donors (Lipinski definition) is 1. The van der Waals surface area contributed by atoms with Crippen LogP contribution >= 0.6 is 0 Å². The van der Waals surface area contributed by atoms with E-state index < -0.39 is 0 Å². The van der Waals surface area contributed by atoms with Crippen LogP contribution < -0.4 is 5.32 Å². The second kappa shape index (κ2) is 6.54. The summed E-state index contributed by atoms with van der Waals surface area (Å²) in [6.45, 7) is 5.39. The first-order valence-electron chi connectivity index (χ1n) is 9.79. The van der Waals surface area contributed by atoms with Crippen molar-refractivity contribution in [2.45, 2.75) is 25.8 Å². The van der Waals surface area contributed by atoms with Gasteiger partial charge in [-0.1, -0.05) is 42.0 Å². The lowest BCUT2D eigenvalue weighted by Gasteiger charge is -2.44. The summed E-state index contributed by atoms with van der Waals surface area (Å²) < 4.78 is 5.91. The van der Waals surface area contributed by atoms with Gasteiger partial charge in [0.05, 0.1) is 0 Å². The van der Waals surface area contributed by atoms with Gasteiger partial charge in [-0.25, -0.2) is 0 Å². The Balaban J connectivity index is 1.37. The van der Waals surface area contributed by atoms with Gasteiger partial charge in [0.15, 0.2) is 5.76 Å². The quantitative estimate of drug-likeness (QED) is 0.760. The minimum Gasteiger partial charge on any atom is -0.451 e. The number of aryl methyl sites for hydroxylation is 1. The number of carbonyl (C=O) groups is 1. The number of furan rings is 1. The van der Waals surface area contributed by atoms with Crippen molar-refractivity contribution in [2.24, 2.45) is 5.92 Å². The average Bonchev–Trinajstić information content (AvgIpc) is 3.13. The normalized spacial score (nSPS) is 24.3. The topological polar surface area (TPSA) is 45.5 Å². The molecule has 3 saturated heterocycles. The molecule has 1 amide bonds. The van der Waals surface area contributed by atoms with Gasteiger partial charge in [-0.15, -0.1) is 0 Å². The molecule has 4 heteroatoms.